The Bertz CT molecular complexity index is 851. The fourth-order valence-corrected chi connectivity index (χ4v) is 5.11. The fraction of sp³-hybridized carbons (Fsp3) is 0.545. The molecule has 1 amide bonds. The number of nitrogens with zero attached hydrogens (tertiary/aromatic N) is 5. The van der Waals surface area contributed by atoms with Gasteiger partial charge in [0.2, 0.25) is 0 Å². The fourth-order valence-electron chi connectivity index (χ4n) is 4.45. The molecule has 4 rings (SSSR count). The van der Waals surface area contributed by atoms with Gasteiger partial charge in [0.15, 0.2) is 5.69 Å². The average molecular weight is 414 g/mol. The number of carbonyl (C=O) groups excluding carboxylic acids is 1. The minimum atomic E-state index is 0.0956. The molecule has 3 heterocycles. The van der Waals surface area contributed by atoms with Crippen LogP contribution in [0.15, 0.2) is 29.5 Å². The topological polar surface area (TPSA) is 44.6 Å². The van der Waals surface area contributed by atoms with Gasteiger partial charge in [0.05, 0.1) is 6.54 Å². The van der Waals surface area contributed by atoms with Crippen LogP contribution in [0.4, 0.5) is 0 Å². The Kier molecular flexibility index (Phi) is 6.18. The predicted octanol–water partition coefficient (Wildman–Crippen LogP) is 2.51. The molecule has 0 N–H and O–H groups in total. The van der Waals surface area contributed by atoms with E-state index >= 15 is 0 Å². The number of likely N-dealkylation sites (N-methyl/N-ethyl adjacent to an activating group) is 2. The quantitative estimate of drug-likeness (QED) is 0.683. The van der Waals surface area contributed by atoms with Gasteiger partial charge < -0.3 is 9.80 Å². The molecule has 0 spiro atoms. The van der Waals surface area contributed by atoms with Crippen molar-refractivity contribution in [3.05, 3.63) is 52.0 Å². The van der Waals surface area contributed by atoms with Gasteiger partial charge in [0, 0.05) is 50.0 Å². The number of fused-ring (bicyclic) bond motifs is 1. The van der Waals surface area contributed by atoms with E-state index in [1.807, 2.05) is 15.7 Å². The molecule has 1 atom stereocenters. The van der Waals surface area contributed by atoms with Crippen molar-refractivity contribution in [2.24, 2.45) is 0 Å². The molecule has 2 aromatic rings. The molecule has 0 bridgehead atoms. The molecule has 1 aliphatic carbocycles. The van der Waals surface area contributed by atoms with Crippen LogP contribution in [0.2, 0.25) is 0 Å². The first-order valence-electron chi connectivity index (χ1n) is 10.5. The molecule has 1 fully saturated rings. The van der Waals surface area contributed by atoms with E-state index in [0.717, 1.165) is 57.5 Å². The molecule has 1 unspecified atom stereocenters. The van der Waals surface area contributed by atoms with E-state index < -0.39 is 0 Å². The van der Waals surface area contributed by atoms with Crippen LogP contribution in [0.1, 0.15) is 33.7 Å². The Morgan fingerprint density at radius 3 is 2.86 bits per heavy atom. The molecule has 156 valence electrons. The van der Waals surface area contributed by atoms with Crippen LogP contribution in [0.5, 0.6) is 0 Å². The highest BCUT2D eigenvalue weighted by Crippen LogP contribution is 2.29. The Labute approximate surface area is 177 Å². The SMILES string of the molecule is C=CCn1nc(C(=O)N2CCN(C)CC2)c2c1CCC(N(C)Cc1ccsc1)C2. The van der Waals surface area contributed by atoms with Gasteiger partial charge in [-0.2, -0.15) is 16.4 Å². The molecule has 1 aliphatic heterocycles. The smallest absolute Gasteiger partial charge is 0.274 e. The summed E-state index contributed by atoms with van der Waals surface area (Å²) in [6, 6.07) is 2.63. The number of piperazine rings is 1. The number of hydrogen-bond acceptors (Lipinski definition) is 5. The highest BCUT2D eigenvalue weighted by atomic mass is 32.1. The van der Waals surface area contributed by atoms with Crippen molar-refractivity contribution < 1.29 is 4.79 Å². The highest BCUT2D eigenvalue weighted by Gasteiger charge is 2.33. The zero-order chi connectivity index (χ0) is 20.4. The van der Waals surface area contributed by atoms with Crippen molar-refractivity contribution in [3.63, 3.8) is 0 Å². The number of hydrogen-bond donors (Lipinski definition) is 0. The number of amides is 1. The largest absolute Gasteiger partial charge is 0.335 e. The second-order valence-corrected chi connectivity index (χ2v) is 9.06. The van der Waals surface area contributed by atoms with Gasteiger partial charge in [0.25, 0.3) is 5.91 Å². The number of thiophene rings is 1. The second-order valence-electron chi connectivity index (χ2n) is 8.28. The summed E-state index contributed by atoms with van der Waals surface area (Å²) in [5, 5.41) is 9.12. The summed E-state index contributed by atoms with van der Waals surface area (Å²) in [4.78, 5) is 20.0. The Balaban J connectivity index is 1.56. The van der Waals surface area contributed by atoms with Crippen LogP contribution >= 0.6 is 11.3 Å². The maximum Gasteiger partial charge on any atom is 0.274 e. The molecule has 6 nitrogen and oxygen atoms in total. The zero-order valence-electron chi connectivity index (χ0n) is 17.5. The minimum Gasteiger partial charge on any atom is -0.335 e. The van der Waals surface area contributed by atoms with Crippen LogP contribution in [0.25, 0.3) is 0 Å². The van der Waals surface area contributed by atoms with Crippen LogP contribution in [0.3, 0.4) is 0 Å². The van der Waals surface area contributed by atoms with Crippen LogP contribution in [-0.2, 0) is 25.9 Å². The van der Waals surface area contributed by atoms with E-state index in [4.69, 9.17) is 5.10 Å². The first kappa shape index (κ1) is 20.3. The molecule has 2 aliphatic rings. The van der Waals surface area contributed by atoms with Crippen molar-refractivity contribution in [1.82, 2.24) is 24.5 Å². The first-order chi connectivity index (χ1) is 14.1. The molecule has 1 saturated heterocycles. The lowest BCUT2D eigenvalue weighted by Gasteiger charge is -2.33. The maximum absolute atomic E-state index is 13.3. The molecule has 29 heavy (non-hydrogen) atoms. The molecular weight excluding hydrogens is 382 g/mol. The third kappa shape index (κ3) is 4.32. The van der Waals surface area contributed by atoms with Crippen LogP contribution < -0.4 is 0 Å². The van der Waals surface area contributed by atoms with Crippen molar-refractivity contribution in [3.8, 4) is 0 Å². The normalized spacial score (nSPS) is 20.1. The maximum atomic E-state index is 13.3. The van der Waals surface area contributed by atoms with Crippen molar-refractivity contribution in [2.45, 2.75) is 38.4 Å². The summed E-state index contributed by atoms with van der Waals surface area (Å²) in [7, 11) is 4.31. The summed E-state index contributed by atoms with van der Waals surface area (Å²) in [5.41, 5.74) is 4.41. The van der Waals surface area contributed by atoms with E-state index in [9.17, 15) is 4.79 Å². The molecule has 7 heteroatoms. The van der Waals surface area contributed by atoms with E-state index in [1.54, 1.807) is 11.3 Å². The van der Waals surface area contributed by atoms with Gasteiger partial charge in [-0.05, 0) is 55.7 Å². The highest BCUT2D eigenvalue weighted by molar-refractivity contribution is 7.07. The van der Waals surface area contributed by atoms with E-state index in [2.05, 4.69) is 47.3 Å². The second kappa shape index (κ2) is 8.81. The van der Waals surface area contributed by atoms with Gasteiger partial charge in [0.1, 0.15) is 0 Å². The van der Waals surface area contributed by atoms with Gasteiger partial charge in [-0.15, -0.1) is 6.58 Å². The Morgan fingerprint density at radius 1 is 1.38 bits per heavy atom. The minimum absolute atomic E-state index is 0.0956. The van der Waals surface area contributed by atoms with E-state index in [0.29, 0.717) is 18.3 Å². The summed E-state index contributed by atoms with van der Waals surface area (Å²) in [5.74, 6) is 0.0956. The average Bonchev–Trinajstić information content (AvgIpc) is 3.36. The predicted molar refractivity (Wildman–Crippen MR) is 117 cm³/mol. The number of rotatable bonds is 6. The van der Waals surface area contributed by atoms with Gasteiger partial charge in [-0.3, -0.25) is 14.4 Å². The van der Waals surface area contributed by atoms with Crippen molar-refractivity contribution in [1.29, 1.82) is 0 Å². The summed E-state index contributed by atoms with van der Waals surface area (Å²) >= 11 is 1.74. The Morgan fingerprint density at radius 2 is 2.17 bits per heavy atom. The lowest BCUT2D eigenvalue weighted by Crippen LogP contribution is -2.47. The van der Waals surface area contributed by atoms with Gasteiger partial charge in [-0.1, -0.05) is 6.08 Å². The number of aromatic nitrogens is 2. The van der Waals surface area contributed by atoms with E-state index in [-0.39, 0.29) is 5.91 Å². The van der Waals surface area contributed by atoms with Crippen LogP contribution in [-0.4, -0.2) is 76.7 Å². The van der Waals surface area contributed by atoms with E-state index in [1.165, 1.54) is 11.3 Å². The van der Waals surface area contributed by atoms with Gasteiger partial charge in [-0.25, -0.2) is 0 Å². The molecule has 2 aromatic heterocycles. The monoisotopic (exact) mass is 413 g/mol. The van der Waals surface area contributed by atoms with Crippen LogP contribution in [0, 0.1) is 0 Å². The third-order valence-corrected chi connectivity index (χ3v) is 6.98. The van der Waals surface area contributed by atoms with Crippen molar-refractivity contribution in [2.75, 3.05) is 40.3 Å². The zero-order valence-corrected chi connectivity index (χ0v) is 18.3. The Hall–Kier alpha value is -1.96. The standard InChI is InChI=1S/C22H31N5OS/c1-4-8-27-20-6-5-18(25(3)15-17-7-13-29-16-17)14-19(20)21(23-27)22(28)26-11-9-24(2)10-12-26/h4,7,13,16,18H,1,5-6,8-12,14-15H2,2-3H3. The number of allylic oxidation sites excluding steroid dienone is 1. The molecule has 0 radical (unpaired) electrons. The lowest BCUT2D eigenvalue weighted by molar-refractivity contribution is 0.0655. The summed E-state index contributed by atoms with van der Waals surface area (Å²) in [6.07, 6.45) is 4.82. The molecule has 0 aromatic carbocycles. The van der Waals surface area contributed by atoms with Gasteiger partial charge >= 0.3 is 0 Å². The first-order valence-corrected chi connectivity index (χ1v) is 11.4. The lowest BCUT2D eigenvalue weighted by atomic mass is 9.90. The third-order valence-electron chi connectivity index (χ3n) is 6.25. The number of carbonyl (C=O) groups is 1. The van der Waals surface area contributed by atoms with Crippen molar-refractivity contribution >= 4 is 17.2 Å². The molecular formula is C22H31N5OS. The summed E-state index contributed by atoms with van der Waals surface area (Å²) < 4.78 is 2.00. The molecule has 0 saturated carbocycles. The summed E-state index contributed by atoms with van der Waals surface area (Å²) in [6.45, 7) is 8.89.